The minimum absolute atomic E-state index is 0.104. The SMILES string of the molecule is O=C(Cc1c[nH]c2ccc(Cl)cc12)Nc1ccc2c(c1)OCCO2. The molecule has 2 heterocycles. The van der Waals surface area contributed by atoms with E-state index in [1.807, 2.05) is 24.4 Å². The molecule has 1 aliphatic heterocycles. The number of fused-ring (bicyclic) bond motifs is 2. The maximum Gasteiger partial charge on any atom is 0.228 e. The van der Waals surface area contributed by atoms with E-state index < -0.39 is 0 Å². The molecule has 0 saturated heterocycles. The van der Waals surface area contributed by atoms with E-state index in [0.29, 0.717) is 35.4 Å². The van der Waals surface area contributed by atoms with Crippen molar-refractivity contribution >= 4 is 34.1 Å². The molecule has 0 fully saturated rings. The molecule has 2 aromatic carbocycles. The fourth-order valence-electron chi connectivity index (χ4n) is 2.80. The zero-order valence-electron chi connectivity index (χ0n) is 12.8. The maximum absolute atomic E-state index is 12.3. The molecule has 122 valence electrons. The highest BCUT2D eigenvalue weighted by Gasteiger charge is 2.14. The normalized spacial score (nSPS) is 13.0. The first kappa shape index (κ1) is 14.9. The summed E-state index contributed by atoms with van der Waals surface area (Å²) in [5, 5.41) is 4.50. The van der Waals surface area contributed by atoms with E-state index in [-0.39, 0.29) is 12.3 Å². The van der Waals surface area contributed by atoms with Gasteiger partial charge in [0.05, 0.1) is 6.42 Å². The molecule has 4 rings (SSSR count). The molecule has 1 aromatic heterocycles. The molecule has 0 bridgehead atoms. The van der Waals surface area contributed by atoms with Crippen molar-refractivity contribution in [3.63, 3.8) is 0 Å². The Labute approximate surface area is 143 Å². The van der Waals surface area contributed by atoms with Crippen LogP contribution in [0, 0.1) is 0 Å². The maximum atomic E-state index is 12.3. The van der Waals surface area contributed by atoms with Crippen molar-refractivity contribution in [2.45, 2.75) is 6.42 Å². The minimum Gasteiger partial charge on any atom is -0.486 e. The molecule has 0 aliphatic carbocycles. The largest absolute Gasteiger partial charge is 0.486 e. The lowest BCUT2D eigenvalue weighted by Gasteiger charge is -2.19. The van der Waals surface area contributed by atoms with Crippen molar-refractivity contribution in [1.29, 1.82) is 0 Å². The third kappa shape index (κ3) is 2.90. The van der Waals surface area contributed by atoms with Crippen molar-refractivity contribution < 1.29 is 14.3 Å². The average Bonchev–Trinajstić information content (AvgIpc) is 2.97. The van der Waals surface area contributed by atoms with Gasteiger partial charge in [-0.15, -0.1) is 0 Å². The van der Waals surface area contributed by atoms with Crippen molar-refractivity contribution in [2.24, 2.45) is 0 Å². The van der Waals surface area contributed by atoms with Gasteiger partial charge in [0.15, 0.2) is 11.5 Å². The quantitative estimate of drug-likeness (QED) is 0.761. The first-order chi connectivity index (χ1) is 11.7. The molecule has 0 spiro atoms. The highest BCUT2D eigenvalue weighted by atomic mass is 35.5. The molecular formula is C18H15ClN2O3. The molecule has 0 radical (unpaired) electrons. The number of hydrogen-bond acceptors (Lipinski definition) is 3. The summed E-state index contributed by atoms with van der Waals surface area (Å²) in [6.07, 6.45) is 2.10. The number of aromatic nitrogens is 1. The number of carbonyl (C=O) groups excluding carboxylic acids is 1. The monoisotopic (exact) mass is 342 g/mol. The van der Waals surface area contributed by atoms with Crippen LogP contribution >= 0.6 is 11.6 Å². The standard InChI is InChI=1S/C18H15ClN2O3/c19-12-1-3-15-14(8-12)11(10-20-15)7-18(22)21-13-2-4-16-17(9-13)24-6-5-23-16/h1-4,8-10,20H,5-7H2,(H,21,22). The number of aromatic amines is 1. The predicted octanol–water partition coefficient (Wildman–Crippen LogP) is 3.77. The van der Waals surface area contributed by atoms with E-state index in [1.165, 1.54) is 0 Å². The average molecular weight is 343 g/mol. The van der Waals surface area contributed by atoms with Gasteiger partial charge in [0.1, 0.15) is 13.2 Å². The Hall–Kier alpha value is -2.66. The van der Waals surface area contributed by atoms with Crippen LogP contribution in [0.5, 0.6) is 11.5 Å². The molecule has 1 amide bonds. The summed E-state index contributed by atoms with van der Waals surface area (Å²) in [6.45, 7) is 1.06. The lowest BCUT2D eigenvalue weighted by atomic mass is 10.1. The van der Waals surface area contributed by atoms with Gasteiger partial charge >= 0.3 is 0 Å². The lowest BCUT2D eigenvalue weighted by Crippen LogP contribution is -2.17. The van der Waals surface area contributed by atoms with Crippen LogP contribution in [0.4, 0.5) is 5.69 Å². The Balaban J connectivity index is 1.51. The number of benzene rings is 2. The van der Waals surface area contributed by atoms with Gasteiger partial charge in [-0.25, -0.2) is 0 Å². The van der Waals surface area contributed by atoms with Crippen LogP contribution in [0.15, 0.2) is 42.6 Å². The summed E-state index contributed by atoms with van der Waals surface area (Å²) >= 11 is 6.04. The molecule has 24 heavy (non-hydrogen) atoms. The van der Waals surface area contributed by atoms with Crippen molar-refractivity contribution in [3.05, 3.63) is 53.2 Å². The fraction of sp³-hybridized carbons (Fsp3) is 0.167. The topological polar surface area (TPSA) is 63.4 Å². The van der Waals surface area contributed by atoms with E-state index in [1.54, 1.807) is 18.2 Å². The number of rotatable bonds is 3. The zero-order chi connectivity index (χ0) is 16.5. The minimum atomic E-state index is -0.104. The number of halogens is 1. The second-order valence-corrected chi connectivity index (χ2v) is 6.02. The molecule has 3 aromatic rings. The summed E-state index contributed by atoms with van der Waals surface area (Å²) in [5.74, 6) is 1.25. The summed E-state index contributed by atoms with van der Waals surface area (Å²) < 4.78 is 11.0. The van der Waals surface area contributed by atoms with Gasteiger partial charge in [-0.05, 0) is 35.9 Å². The number of hydrogen-bond donors (Lipinski definition) is 2. The zero-order valence-corrected chi connectivity index (χ0v) is 13.5. The Bertz CT molecular complexity index is 920. The molecule has 5 nitrogen and oxygen atoms in total. The lowest BCUT2D eigenvalue weighted by molar-refractivity contribution is -0.115. The third-order valence-corrected chi connectivity index (χ3v) is 4.14. The molecule has 0 atom stereocenters. The van der Waals surface area contributed by atoms with E-state index in [4.69, 9.17) is 21.1 Å². The molecule has 2 N–H and O–H groups in total. The van der Waals surface area contributed by atoms with Gasteiger partial charge in [0.2, 0.25) is 5.91 Å². The molecule has 0 saturated carbocycles. The van der Waals surface area contributed by atoms with Crippen LogP contribution in [-0.2, 0) is 11.2 Å². The summed E-state index contributed by atoms with van der Waals surface area (Å²) in [7, 11) is 0. The van der Waals surface area contributed by atoms with Crippen molar-refractivity contribution in [3.8, 4) is 11.5 Å². The Kier molecular flexibility index (Phi) is 3.78. The highest BCUT2D eigenvalue weighted by molar-refractivity contribution is 6.31. The molecule has 0 unspecified atom stereocenters. The molecule has 1 aliphatic rings. The Morgan fingerprint density at radius 2 is 1.96 bits per heavy atom. The van der Waals surface area contributed by atoms with E-state index in [9.17, 15) is 4.79 Å². The molecular weight excluding hydrogens is 328 g/mol. The first-order valence-electron chi connectivity index (χ1n) is 7.64. The van der Waals surface area contributed by atoms with Crippen LogP contribution in [0.25, 0.3) is 10.9 Å². The van der Waals surface area contributed by atoms with Gasteiger partial charge in [-0.2, -0.15) is 0 Å². The first-order valence-corrected chi connectivity index (χ1v) is 8.02. The Morgan fingerprint density at radius 3 is 2.83 bits per heavy atom. The number of amides is 1. The van der Waals surface area contributed by atoms with Crippen molar-refractivity contribution in [2.75, 3.05) is 18.5 Å². The summed E-state index contributed by atoms with van der Waals surface area (Å²) in [4.78, 5) is 15.5. The number of H-pyrrole nitrogens is 1. The van der Waals surface area contributed by atoms with Gasteiger partial charge in [-0.3, -0.25) is 4.79 Å². The highest BCUT2D eigenvalue weighted by Crippen LogP contribution is 2.32. The number of carbonyl (C=O) groups is 1. The number of anilines is 1. The predicted molar refractivity (Wildman–Crippen MR) is 93.1 cm³/mol. The summed E-state index contributed by atoms with van der Waals surface area (Å²) in [5.41, 5.74) is 2.55. The smallest absolute Gasteiger partial charge is 0.228 e. The van der Waals surface area contributed by atoms with Crippen LogP contribution < -0.4 is 14.8 Å². The van der Waals surface area contributed by atoms with Gasteiger partial charge in [-0.1, -0.05) is 11.6 Å². The van der Waals surface area contributed by atoms with Crippen LogP contribution in [-0.4, -0.2) is 24.1 Å². The second kappa shape index (κ2) is 6.09. The van der Waals surface area contributed by atoms with Crippen LogP contribution in [0.2, 0.25) is 5.02 Å². The van der Waals surface area contributed by atoms with E-state index in [0.717, 1.165) is 16.5 Å². The van der Waals surface area contributed by atoms with E-state index >= 15 is 0 Å². The second-order valence-electron chi connectivity index (χ2n) is 5.59. The van der Waals surface area contributed by atoms with Crippen molar-refractivity contribution in [1.82, 2.24) is 4.98 Å². The number of ether oxygens (including phenoxy) is 2. The van der Waals surface area contributed by atoms with E-state index in [2.05, 4.69) is 10.3 Å². The number of nitrogens with one attached hydrogen (secondary N) is 2. The van der Waals surface area contributed by atoms with Gasteiger partial charge in [0.25, 0.3) is 0 Å². The fourth-order valence-corrected chi connectivity index (χ4v) is 2.97. The third-order valence-electron chi connectivity index (χ3n) is 3.91. The van der Waals surface area contributed by atoms with Crippen LogP contribution in [0.1, 0.15) is 5.56 Å². The van der Waals surface area contributed by atoms with Gasteiger partial charge in [0, 0.05) is 33.9 Å². The Morgan fingerprint density at radius 1 is 1.12 bits per heavy atom. The van der Waals surface area contributed by atoms with Crippen LogP contribution in [0.3, 0.4) is 0 Å². The molecule has 6 heteroatoms. The summed E-state index contributed by atoms with van der Waals surface area (Å²) in [6, 6.07) is 11.0. The van der Waals surface area contributed by atoms with Gasteiger partial charge < -0.3 is 19.8 Å².